The molecule has 0 fully saturated rings. The van der Waals surface area contributed by atoms with E-state index in [1.165, 1.54) is 60.9 Å². The third-order valence-corrected chi connectivity index (χ3v) is 15.2. The first kappa shape index (κ1) is 44.7. The van der Waals surface area contributed by atoms with Crippen molar-refractivity contribution in [2.75, 3.05) is 9.80 Å². The summed E-state index contributed by atoms with van der Waals surface area (Å²) in [7, 11) is 0. The SMILES string of the molecule is CC1(C)c2cc(Br)ccc2N(c2cccc3ccccc23)c2ccc(Br)cc21.[C-]#[N+]c1ccc(-c2ccc3c(c2)C(C)(C)c2cc(-c4ccc(C#N)cc4)ccc2N3c2cccc3ccccc23)cc1. The second-order valence-corrected chi connectivity index (χ2v) is 20.9. The van der Waals surface area contributed by atoms with Crippen molar-refractivity contribution in [2.45, 2.75) is 38.5 Å². The molecule has 0 N–H and O–H groups in total. The molecule has 336 valence electrons. The summed E-state index contributed by atoms with van der Waals surface area (Å²) in [6, 6.07) is 74.8. The highest BCUT2D eigenvalue weighted by molar-refractivity contribution is 9.10. The molecule has 0 aromatic heterocycles. The molecule has 2 aliphatic rings. The van der Waals surface area contributed by atoms with Crippen molar-refractivity contribution in [3.05, 3.63) is 254 Å². The Balaban J connectivity index is 0.000000165. The number of nitriles is 1. The molecule has 0 unspecified atom stereocenters. The van der Waals surface area contributed by atoms with Crippen LogP contribution in [0.15, 0.2) is 215 Å². The average Bonchev–Trinajstić information content (AvgIpc) is 3.39. The van der Waals surface area contributed by atoms with Gasteiger partial charge in [0.2, 0.25) is 0 Å². The first-order chi connectivity index (χ1) is 33.9. The standard InChI is InChI=1S/C39H27N3.C25H19Br2N/c1-39(2)34-23-30(27-13-11-26(25-40)12-14-27)17-21-37(34)42(36-10-6-8-29-7-4-5-9-33(29)36)38-22-18-31(24-35(38)39)28-15-19-32(41-3)20-16-28;1-25(2)20-14-17(26)10-12-23(20)28(24-13-11-18(27)15-21(24)25)22-9-5-7-16-6-3-4-8-19(16)22/h4-24H,1-2H3;3-15H,1-2H3. The highest BCUT2D eigenvalue weighted by atomic mass is 79.9. The summed E-state index contributed by atoms with van der Waals surface area (Å²) in [5.41, 5.74) is 17.6. The lowest BCUT2D eigenvalue weighted by Crippen LogP contribution is -2.30. The van der Waals surface area contributed by atoms with Crippen LogP contribution in [0.2, 0.25) is 0 Å². The Morgan fingerprint density at radius 3 is 1.21 bits per heavy atom. The van der Waals surface area contributed by atoms with Crippen LogP contribution in [0.1, 0.15) is 55.5 Å². The van der Waals surface area contributed by atoms with E-state index in [1.54, 1.807) is 0 Å². The summed E-state index contributed by atoms with van der Waals surface area (Å²) in [6.07, 6.45) is 0. The number of hydrogen-bond donors (Lipinski definition) is 0. The number of nitrogens with zero attached hydrogens (tertiary/aromatic N) is 4. The van der Waals surface area contributed by atoms with Gasteiger partial charge in [-0.2, -0.15) is 5.26 Å². The maximum Gasteiger partial charge on any atom is 0.187 e. The Bertz CT molecular complexity index is 3610. The van der Waals surface area contributed by atoms with Gasteiger partial charge in [0.05, 0.1) is 52.3 Å². The van der Waals surface area contributed by atoms with E-state index < -0.39 is 0 Å². The smallest absolute Gasteiger partial charge is 0.187 e. The van der Waals surface area contributed by atoms with Gasteiger partial charge in [0.1, 0.15) is 0 Å². The van der Waals surface area contributed by atoms with Crippen LogP contribution in [0.25, 0.3) is 48.6 Å². The molecule has 0 amide bonds. The fourth-order valence-electron chi connectivity index (χ4n) is 10.6. The Kier molecular flexibility index (Phi) is 11.3. The first-order valence-corrected chi connectivity index (χ1v) is 25.0. The highest BCUT2D eigenvalue weighted by Gasteiger charge is 2.39. The molecular formula is C64H46Br2N4. The molecule has 0 saturated carbocycles. The van der Waals surface area contributed by atoms with Crippen molar-refractivity contribution in [2.24, 2.45) is 0 Å². The minimum absolute atomic E-state index is 0.0979. The van der Waals surface area contributed by atoms with Crippen LogP contribution in [-0.2, 0) is 10.8 Å². The van der Waals surface area contributed by atoms with Crippen LogP contribution in [0.4, 0.5) is 39.8 Å². The zero-order valence-electron chi connectivity index (χ0n) is 39.2. The summed E-state index contributed by atoms with van der Waals surface area (Å²) in [5.74, 6) is 0. The minimum Gasteiger partial charge on any atom is -0.309 e. The van der Waals surface area contributed by atoms with Gasteiger partial charge < -0.3 is 9.80 Å². The van der Waals surface area contributed by atoms with Gasteiger partial charge in [0.25, 0.3) is 0 Å². The van der Waals surface area contributed by atoms with Crippen LogP contribution in [0.3, 0.4) is 0 Å². The Hall–Kier alpha value is -7.74. The second kappa shape index (κ2) is 17.7. The van der Waals surface area contributed by atoms with Gasteiger partial charge in [-0.25, -0.2) is 4.85 Å². The van der Waals surface area contributed by atoms with E-state index in [-0.39, 0.29) is 10.8 Å². The third kappa shape index (κ3) is 7.66. The second-order valence-electron chi connectivity index (χ2n) is 19.1. The summed E-state index contributed by atoms with van der Waals surface area (Å²) in [6.45, 7) is 16.6. The van der Waals surface area contributed by atoms with Crippen molar-refractivity contribution in [3.8, 4) is 28.3 Å². The summed E-state index contributed by atoms with van der Waals surface area (Å²) in [5, 5.41) is 14.2. The van der Waals surface area contributed by atoms with Crippen molar-refractivity contribution in [1.82, 2.24) is 0 Å². The summed E-state index contributed by atoms with van der Waals surface area (Å²) < 4.78 is 2.21. The van der Waals surface area contributed by atoms with Gasteiger partial charge in [-0.3, -0.25) is 0 Å². The van der Waals surface area contributed by atoms with E-state index in [0.717, 1.165) is 48.3 Å². The van der Waals surface area contributed by atoms with Gasteiger partial charge in [0.15, 0.2) is 5.69 Å². The minimum atomic E-state index is -0.291. The lowest BCUT2D eigenvalue weighted by atomic mass is 9.72. The van der Waals surface area contributed by atoms with Crippen LogP contribution in [0.5, 0.6) is 0 Å². The van der Waals surface area contributed by atoms with Crippen LogP contribution >= 0.6 is 31.9 Å². The molecule has 0 bridgehead atoms. The molecule has 70 heavy (non-hydrogen) atoms. The zero-order chi connectivity index (χ0) is 48.3. The quantitative estimate of drug-likeness (QED) is 0.165. The van der Waals surface area contributed by atoms with Crippen LogP contribution in [0, 0.1) is 17.9 Å². The van der Waals surface area contributed by atoms with Crippen molar-refractivity contribution in [1.29, 1.82) is 5.26 Å². The van der Waals surface area contributed by atoms with E-state index in [2.05, 4.69) is 238 Å². The van der Waals surface area contributed by atoms with Crippen molar-refractivity contribution < 1.29 is 0 Å². The van der Waals surface area contributed by atoms with Gasteiger partial charge >= 0.3 is 0 Å². The van der Waals surface area contributed by atoms with E-state index in [0.29, 0.717) is 11.3 Å². The predicted octanol–water partition coefficient (Wildman–Crippen LogP) is 19.2. The van der Waals surface area contributed by atoms with E-state index in [9.17, 15) is 5.26 Å². The number of hydrogen-bond acceptors (Lipinski definition) is 3. The molecule has 0 atom stereocenters. The summed E-state index contributed by atoms with van der Waals surface area (Å²) >= 11 is 7.37. The molecule has 0 spiro atoms. The van der Waals surface area contributed by atoms with Gasteiger partial charge in [-0.15, -0.1) is 0 Å². The third-order valence-electron chi connectivity index (χ3n) is 14.3. The van der Waals surface area contributed by atoms with Gasteiger partial charge in [-0.1, -0.05) is 181 Å². The maximum absolute atomic E-state index is 9.29. The van der Waals surface area contributed by atoms with E-state index in [4.69, 9.17) is 6.57 Å². The fraction of sp³-hybridized carbons (Fsp3) is 0.0938. The molecule has 6 heteroatoms. The molecule has 12 rings (SSSR count). The fourth-order valence-corrected chi connectivity index (χ4v) is 11.3. The lowest BCUT2D eigenvalue weighted by Gasteiger charge is -2.43. The normalized spacial score (nSPS) is 13.7. The topological polar surface area (TPSA) is 34.6 Å². The maximum atomic E-state index is 9.29. The van der Waals surface area contributed by atoms with Gasteiger partial charge in [-0.05, 0) is 140 Å². The van der Waals surface area contributed by atoms with Crippen LogP contribution in [-0.4, -0.2) is 0 Å². The number of rotatable bonds is 4. The van der Waals surface area contributed by atoms with E-state index >= 15 is 0 Å². The molecule has 0 saturated heterocycles. The Morgan fingerprint density at radius 2 is 0.786 bits per heavy atom. The predicted molar refractivity (Wildman–Crippen MR) is 299 cm³/mol. The Morgan fingerprint density at radius 1 is 0.414 bits per heavy atom. The first-order valence-electron chi connectivity index (χ1n) is 23.4. The van der Waals surface area contributed by atoms with Crippen molar-refractivity contribution >= 4 is 93.2 Å². The highest BCUT2D eigenvalue weighted by Crippen LogP contribution is 2.56. The Labute approximate surface area is 426 Å². The van der Waals surface area contributed by atoms with Crippen LogP contribution < -0.4 is 9.80 Å². The van der Waals surface area contributed by atoms with E-state index in [1.807, 2.05) is 48.5 Å². The number of halogens is 2. The summed E-state index contributed by atoms with van der Waals surface area (Å²) in [4.78, 5) is 8.39. The molecule has 2 heterocycles. The van der Waals surface area contributed by atoms with Gasteiger partial charge in [0, 0.05) is 30.5 Å². The molecule has 10 aromatic rings. The average molecular weight is 1030 g/mol. The molecule has 4 nitrogen and oxygen atoms in total. The monoisotopic (exact) mass is 1030 g/mol. The zero-order valence-corrected chi connectivity index (χ0v) is 42.3. The molecule has 2 aliphatic heterocycles. The molecular weight excluding hydrogens is 985 g/mol. The lowest BCUT2D eigenvalue weighted by molar-refractivity contribution is 0.631. The molecule has 0 aliphatic carbocycles. The largest absolute Gasteiger partial charge is 0.309 e. The number of benzene rings is 10. The number of fused-ring (bicyclic) bond motifs is 6. The molecule has 10 aromatic carbocycles. The van der Waals surface area contributed by atoms with Crippen molar-refractivity contribution in [3.63, 3.8) is 0 Å². The number of anilines is 6. The molecule has 0 radical (unpaired) electrons.